The van der Waals surface area contributed by atoms with Crippen molar-refractivity contribution in [1.82, 2.24) is 0 Å². The topological polar surface area (TPSA) is 27.7 Å². The van der Waals surface area contributed by atoms with Crippen LogP contribution in [0, 0.1) is 0 Å². The maximum absolute atomic E-state index is 5.65. The van der Waals surface area contributed by atoms with Gasteiger partial charge in [0.2, 0.25) is 0 Å². The lowest BCUT2D eigenvalue weighted by molar-refractivity contribution is -0.00744. The molecule has 1 aliphatic heterocycles. The Morgan fingerprint density at radius 1 is 1.71 bits per heavy atom. The zero-order chi connectivity index (χ0) is 10.8. The molecule has 1 saturated heterocycles. The van der Waals surface area contributed by atoms with Crippen LogP contribution in [0.15, 0.2) is 0 Å². The van der Waals surface area contributed by atoms with Gasteiger partial charge in [0.25, 0.3) is 0 Å². The van der Waals surface area contributed by atoms with Crippen molar-refractivity contribution in [3.63, 3.8) is 0 Å². The Bertz CT molecular complexity index is 235. The summed E-state index contributed by atoms with van der Waals surface area (Å²) >= 11 is 10.1. The molecule has 3 nitrogen and oxygen atoms in total. The highest BCUT2D eigenvalue weighted by molar-refractivity contribution is 8.53. The van der Waals surface area contributed by atoms with Gasteiger partial charge >= 0.3 is 0 Å². The minimum atomic E-state index is -2.08. The number of hydrogen-bond acceptors (Lipinski definition) is 5. The fourth-order valence-corrected chi connectivity index (χ4v) is 2.79. The van der Waals surface area contributed by atoms with E-state index in [0.29, 0.717) is 13.0 Å². The van der Waals surface area contributed by atoms with Crippen LogP contribution >= 0.6 is 5.47 Å². The molecule has 4 atom stereocenters. The first-order valence-corrected chi connectivity index (χ1v) is 8.47. The minimum absolute atomic E-state index is 0.113. The van der Waals surface area contributed by atoms with Crippen molar-refractivity contribution in [3.05, 3.63) is 0 Å². The quantitative estimate of drug-likeness (QED) is 0.418. The maximum atomic E-state index is 5.65. The second kappa shape index (κ2) is 5.33. The minimum Gasteiger partial charge on any atom is -0.719 e. The van der Waals surface area contributed by atoms with E-state index >= 15 is 0 Å². The molecular weight excluding hydrogens is 238 g/mol. The first kappa shape index (κ1) is 13.0. The highest BCUT2D eigenvalue weighted by atomic mass is 32.9. The Hall–Kier alpha value is 0.945. The van der Waals surface area contributed by atoms with E-state index in [1.807, 2.05) is 0 Å². The number of hydrogen-bond donors (Lipinski definition) is 0. The van der Waals surface area contributed by atoms with Gasteiger partial charge in [-0.25, -0.2) is 0 Å². The average Bonchev–Trinajstić information content (AvgIpc) is 2.28. The molecule has 0 bridgehead atoms. The molecule has 0 aliphatic carbocycles. The fourth-order valence-electron chi connectivity index (χ4n) is 1.42. The van der Waals surface area contributed by atoms with Crippen molar-refractivity contribution >= 4 is 37.4 Å². The average molecular weight is 251 g/mol. The third kappa shape index (κ3) is 4.21. The summed E-state index contributed by atoms with van der Waals surface area (Å²) in [4.78, 5) is 0. The van der Waals surface area contributed by atoms with E-state index in [4.69, 9.17) is 45.9 Å². The van der Waals surface area contributed by atoms with E-state index in [0.717, 1.165) is 0 Å². The van der Waals surface area contributed by atoms with Crippen LogP contribution in [0.3, 0.4) is 0 Å². The van der Waals surface area contributed by atoms with E-state index in [1.54, 1.807) is 13.8 Å². The van der Waals surface area contributed by atoms with Crippen LogP contribution in [-0.2, 0) is 38.1 Å². The van der Waals surface area contributed by atoms with Crippen LogP contribution < -0.4 is 0 Å². The third-order valence-corrected chi connectivity index (χ3v) is 3.06. The van der Waals surface area contributed by atoms with E-state index in [2.05, 4.69) is 0 Å². The van der Waals surface area contributed by atoms with Crippen molar-refractivity contribution < 1.29 is 14.0 Å². The van der Waals surface area contributed by atoms with E-state index in [1.165, 1.54) is 0 Å². The Balaban J connectivity index is 2.53. The zero-order valence-electron chi connectivity index (χ0n) is 8.21. The smallest absolute Gasteiger partial charge is 0.109 e. The summed E-state index contributed by atoms with van der Waals surface area (Å²) in [5.41, 5.74) is -2.08. The standard InChI is InChI=1S/C7H14BO3PS2/c1-9-4-6-5(3-7(8)10-6)11-12(2,13)14/h5-7H,3-4H2,1-2H3,(H,13,14)/p-1/t5-,6-,7-/m1/s1. The number of rotatable bonds is 4. The van der Waals surface area contributed by atoms with Crippen LogP contribution in [0.2, 0.25) is 0 Å². The number of methoxy groups -OCH3 is 1. The molecule has 1 rings (SSSR count). The number of ether oxygens (including phenoxy) is 2. The van der Waals surface area contributed by atoms with Crippen molar-refractivity contribution in [1.29, 1.82) is 0 Å². The molecule has 80 valence electrons. The molecule has 0 aromatic carbocycles. The molecule has 14 heavy (non-hydrogen) atoms. The summed E-state index contributed by atoms with van der Waals surface area (Å²) in [6.45, 7) is 2.23. The van der Waals surface area contributed by atoms with Gasteiger partial charge in [-0.3, -0.25) is 0 Å². The van der Waals surface area contributed by atoms with Crippen LogP contribution in [0.1, 0.15) is 6.42 Å². The molecule has 0 aromatic heterocycles. The summed E-state index contributed by atoms with van der Waals surface area (Å²) in [5.74, 6) is 0. The highest BCUT2D eigenvalue weighted by Crippen LogP contribution is 2.44. The normalized spacial score (nSPS) is 36.9. The second-order valence-corrected chi connectivity index (χ2v) is 9.95. The van der Waals surface area contributed by atoms with Crippen LogP contribution in [0.5, 0.6) is 0 Å². The van der Waals surface area contributed by atoms with E-state index in [9.17, 15) is 0 Å². The SMILES string of the molecule is [B][C@H]1C[C@@H](OP(C)(=S)[S-])[C@@H](COC)O1. The van der Waals surface area contributed by atoms with Gasteiger partial charge in [0.05, 0.1) is 12.7 Å². The summed E-state index contributed by atoms with van der Waals surface area (Å²) in [7, 11) is 7.26. The first-order chi connectivity index (χ1) is 6.42. The zero-order valence-corrected chi connectivity index (χ0v) is 10.7. The molecule has 7 heteroatoms. The maximum Gasteiger partial charge on any atom is 0.109 e. The van der Waals surface area contributed by atoms with Crippen molar-refractivity contribution in [3.8, 4) is 0 Å². The first-order valence-electron chi connectivity index (χ1n) is 4.29. The van der Waals surface area contributed by atoms with Gasteiger partial charge in [-0.1, -0.05) is 17.3 Å². The molecule has 0 spiro atoms. The van der Waals surface area contributed by atoms with Crippen molar-refractivity contribution in [2.24, 2.45) is 0 Å². The summed E-state index contributed by atoms with van der Waals surface area (Å²) in [5, 5.41) is 0. The molecular formula is C7H13BO3PS2-. The largest absolute Gasteiger partial charge is 0.719 e. The van der Waals surface area contributed by atoms with Crippen LogP contribution in [0.4, 0.5) is 0 Å². The van der Waals surface area contributed by atoms with Crippen LogP contribution in [-0.4, -0.2) is 46.4 Å². The predicted molar refractivity (Wildman–Crippen MR) is 63.4 cm³/mol. The van der Waals surface area contributed by atoms with Crippen molar-refractivity contribution in [2.75, 3.05) is 20.4 Å². The van der Waals surface area contributed by atoms with E-state index < -0.39 is 5.47 Å². The fraction of sp³-hybridized carbons (Fsp3) is 1.00. The lowest BCUT2D eigenvalue weighted by Gasteiger charge is -2.29. The molecule has 0 N–H and O–H groups in total. The van der Waals surface area contributed by atoms with Gasteiger partial charge in [0, 0.05) is 13.1 Å². The Morgan fingerprint density at radius 2 is 2.36 bits per heavy atom. The molecule has 1 fully saturated rings. The van der Waals surface area contributed by atoms with Crippen molar-refractivity contribution in [2.45, 2.75) is 24.6 Å². The Kier molecular flexibility index (Phi) is 4.95. The summed E-state index contributed by atoms with van der Waals surface area (Å²) < 4.78 is 16.0. The Morgan fingerprint density at radius 3 is 2.86 bits per heavy atom. The van der Waals surface area contributed by atoms with Crippen LogP contribution in [0.25, 0.3) is 0 Å². The highest BCUT2D eigenvalue weighted by Gasteiger charge is 2.33. The monoisotopic (exact) mass is 251 g/mol. The molecule has 2 radical (unpaired) electrons. The molecule has 1 heterocycles. The molecule has 1 unspecified atom stereocenters. The van der Waals surface area contributed by atoms with Gasteiger partial charge in [-0.15, -0.1) is 0 Å². The third-order valence-electron chi connectivity index (χ3n) is 1.89. The second-order valence-electron chi connectivity index (χ2n) is 3.32. The van der Waals surface area contributed by atoms with Gasteiger partial charge in [0.1, 0.15) is 14.0 Å². The van der Waals surface area contributed by atoms with Gasteiger partial charge in [0.15, 0.2) is 0 Å². The molecule has 0 saturated carbocycles. The molecule has 0 aromatic rings. The summed E-state index contributed by atoms with van der Waals surface area (Å²) in [6.07, 6.45) is 0.384. The summed E-state index contributed by atoms with van der Waals surface area (Å²) in [6, 6.07) is -0.295. The van der Waals surface area contributed by atoms with E-state index in [-0.39, 0.29) is 18.2 Å². The van der Waals surface area contributed by atoms with Gasteiger partial charge in [-0.05, 0) is 13.1 Å². The molecule has 1 aliphatic rings. The Labute approximate surface area is 96.5 Å². The lowest BCUT2D eigenvalue weighted by atomic mass is 9.96. The van der Waals surface area contributed by atoms with Gasteiger partial charge < -0.3 is 26.2 Å². The predicted octanol–water partition coefficient (Wildman–Crippen LogP) is 0.788. The molecule has 0 amide bonds. The van der Waals surface area contributed by atoms with Gasteiger partial charge in [-0.2, -0.15) is 0 Å². The lowest BCUT2D eigenvalue weighted by Crippen LogP contribution is -2.27.